The summed E-state index contributed by atoms with van der Waals surface area (Å²) in [7, 11) is 0. The lowest BCUT2D eigenvalue weighted by molar-refractivity contribution is -0.118. The van der Waals surface area contributed by atoms with Crippen molar-refractivity contribution >= 4 is 11.6 Å². The molecule has 18 heavy (non-hydrogen) atoms. The highest BCUT2D eigenvalue weighted by Crippen LogP contribution is 2.27. The summed E-state index contributed by atoms with van der Waals surface area (Å²) in [4.78, 5) is 16.5. The van der Waals surface area contributed by atoms with Crippen LogP contribution < -0.4 is 4.90 Å². The molecule has 0 saturated carbocycles. The average Bonchev–Trinajstić information content (AvgIpc) is 2.83. The van der Waals surface area contributed by atoms with Crippen molar-refractivity contribution in [1.82, 2.24) is 4.90 Å². The van der Waals surface area contributed by atoms with Gasteiger partial charge in [0.2, 0.25) is 5.91 Å². The quantitative estimate of drug-likeness (QED) is 0.796. The molecular formula is C15H22N2O. The molecule has 0 saturated heterocycles. The molecule has 1 amide bonds. The van der Waals surface area contributed by atoms with Gasteiger partial charge in [0.15, 0.2) is 0 Å². The highest BCUT2D eigenvalue weighted by molar-refractivity contribution is 5.95. The zero-order valence-electron chi connectivity index (χ0n) is 11.4. The van der Waals surface area contributed by atoms with E-state index >= 15 is 0 Å². The molecule has 2 rings (SSSR count). The van der Waals surface area contributed by atoms with E-state index in [1.54, 1.807) is 0 Å². The van der Waals surface area contributed by atoms with Gasteiger partial charge in [-0.3, -0.25) is 4.79 Å². The molecule has 1 aliphatic rings. The van der Waals surface area contributed by atoms with Crippen molar-refractivity contribution in [2.75, 3.05) is 31.1 Å². The fourth-order valence-electron chi connectivity index (χ4n) is 2.53. The summed E-state index contributed by atoms with van der Waals surface area (Å²) in [5.74, 6) is 0.256. The molecule has 0 bridgehead atoms. The number of carbonyl (C=O) groups excluding carboxylic acids is 1. The lowest BCUT2D eigenvalue weighted by Gasteiger charge is -2.21. The molecule has 1 aromatic carbocycles. The van der Waals surface area contributed by atoms with Crippen LogP contribution >= 0.6 is 0 Å². The number of fused-ring (bicyclic) bond motifs is 1. The Morgan fingerprint density at radius 1 is 1.28 bits per heavy atom. The number of hydrogen-bond acceptors (Lipinski definition) is 2. The van der Waals surface area contributed by atoms with Gasteiger partial charge in [0.05, 0.1) is 0 Å². The number of rotatable bonds is 5. The van der Waals surface area contributed by atoms with E-state index in [2.05, 4.69) is 30.9 Å². The van der Waals surface area contributed by atoms with Crippen molar-refractivity contribution in [3.05, 3.63) is 29.8 Å². The largest absolute Gasteiger partial charge is 0.312 e. The van der Waals surface area contributed by atoms with Crippen LogP contribution in [0.25, 0.3) is 0 Å². The van der Waals surface area contributed by atoms with E-state index in [1.807, 2.05) is 17.0 Å². The fraction of sp³-hybridized carbons (Fsp3) is 0.533. The maximum atomic E-state index is 12.2. The second kappa shape index (κ2) is 6.01. The van der Waals surface area contributed by atoms with Crippen molar-refractivity contribution in [2.24, 2.45) is 0 Å². The molecule has 0 aliphatic carbocycles. The Morgan fingerprint density at radius 3 is 2.72 bits per heavy atom. The Bertz CT molecular complexity index is 413. The molecule has 0 fully saturated rings. The number of amides is 1. The zero-order valence-corrected chi connectivity index (χ0v) is 11.4. The number of carbonyl (C=O) groups is 1. The van der Waals surface area contributed by atoms with Gasteiger partial charge in [-0.15, -0.1) is 0 Å². The topological polar surface area (TPSA) is 23.6 Å². The van der Waals surface area contributed by atoms with Gasteiger partial charge in [-0.2, -0.15) is 0 Å². The first-order valence-electron chi connectivity index (χ1n) is 6.86. The van der Waals surface area contributed by atoms with Crippen LogP contribution in [0.2, 0.25) is 0 Å². The first-order valence-corrected chi connectivity index (χ1v) is 6.86. The van der Waals surface area contributed by atoms with Crippen LogP contribution in [0, 0.1) is 0 Å². The first-order chi connectivity index (χ1) is 8.76. The molecule has 0 spiro atoms. The van der Waals surface area contributed by atoms with Crippen LogP contribution in [0.15, 0.2) is 24.3 Å². The Morgan fingerprint density at radius 2 is 2.00 bits per heavy atom. The molecular weight excluding hydrogens is 224 g/mol. The molecule has 1 aromatic rings. The van der Waals surface area contributed by atoms with Gasteiger partial charge in [-0.05, 0) is 31.1 Å². The predicted molar refractivity (Wildman–Crippen MR) is 74.9 cm³/mol. The molecule has 3 heteroatoms. The van der Waals surface area contributed by atoms with Gasteiger partial charge in [0, 0.05) is 25.2 Å². The van der Waals surface area contributed by atoms with Gasteiger partial charge in [0.25, 0.3) is 0 Å². The Kier molecular flexibility index (Phi) is 4.37. The number of para-hydroxylation sites is 1. The van der Waals surface area contributed by atoms with Crippen LogP contribution in [0.3, 0.4) is 0 Å². The maximum absolute atomic E-state index is 12.2. The summed E-state index contributed by atoms with van der Waals surface area (Å²) in [5, 5.41) is 0. The van der Waals surface area contributed by atoms with Gasteiger partial charge in [-0.1, -0.05) is 32.0 Å². The van der Waals surface area contributed by atoms with E-state index in [0.717, 1.165) is 38.3 Å². The molecule has 1 aliphatic heterocycles. The van der Waals surface area contributed by atoms with Gasteiger partial charge >= 0.3 is 0 Å². The third kappa shape index (κ3) is 2.72. The average molecular weight is 246 g/mol. The first kappa shape index (κ1) is 13.1. The standard InChI is InChI=1S/C15H22N2O/c1-3-16(4-2)11-10-15(18)17-12-9-13-7-5-6-8-14(13)17/h5-8H,3-4,9-12H2,1-2H3. The van der Waals surface area contributed by atoms with E-state index < -0.39 is 0 Å². The molecule has 0 radical (unpaired) electrons. The zero-order chi connectivity index (χ0) is 13.0. The third-order valence-corrected chi connectivity index (χ3v) is 3.72. The second-order valence-corrected chi connectivity index (χ2v) is 4.70. The summed E-state index contributed by atoms with van der Waals surface area (Å²) >= 11 is 0. The number of nitrogens with zero attached hydrogens (tertiary/aromatic N) is 2. The molecule has 0 N–H and O–H groups in total. The summed E-state index contributed by atoms with van der Waals surface area (Å²) in [5.41, 5.74) is 2.41. The van der Waals surface area contributed by atoms with E-state index in [0.29, 0.717) is 6.42 Å². The lowest BCUT2D eigenvalue weighted by atomic mass is 10.2. The highest BCUT2D eigenvalue weighted by atomic mass is 16.2. The number of anilines is 1. The van der Waals surface area contributed by atoms with Crippen LogP contribution in [-0.4, -0.2) is 37.0 Å². The molecule has 0 unspecified atom stereocenters. The molecule has 0 atom stereocenters. The smallest absolute Gasteiger partial charge is 0.228 e. The minimum Gasteiger partial charge on any atom is -0.312 e. The van der Waals surface area contributed by atoms with Gasteiger partial charge in [-0.25, -0.2) is 0 Å². The Labute approximate surface area is 109 Å². The Hall–Kier alpha value is -1.35. The van der Waals surface area contributed by atoms with E-state index in [9.17, 15) is 4.79 Å². The fourth-order valence-corrected chi connectivity index (χ4v) is 2.53. The molecule has 1 heterocycles. The summed E-state index contributed by atoms with van der Waals surface area (Å²) in [6, 6.07) is 8.22. The number of benzene rings is 1. The van der Waals surface area contributed by atoms with E-state index in [4.69, 9.17) is 0 Å². The van der Waals surface area contributed by atoms with Crippen LogP contribution in [0.4, 0.5) is 5.69 Å². The minimum absolute atomic E-state index is 0.256. The van der Waals surface area contributed by atoms with Crippen LogP contribution in [0.5, 0.6) is 0 Å². The second-order valence-electron chi connectivity index (χ2n) is 4.70. The maximum Gasteiger partial charge on any atom is 0.228 e. The molecule has 3 nitrogen and oxygen atoms in total. The Balaban J connectivity index is 1.95. The van der Waals surface area contributed by atoms with Gasteiger partial charge in [0.1, 0.15) is 0 Å². The monoisotopic (exact) mass is 246 g/mol. The van der Waals surface area contributed by atoms with E-state index in [1.165, 1.54) is 5.56 Å². The highest BCUT2D eigenvalue weighted by Gasteiger charge is 2.23. The summed E-state index contributed by atoms with van der Waals surface area (Å²) in [6.45, 7) is 8.01. The van der Waals surface area contributed by atoms with Gasteiger partial charge < -0.3 is 9.80 Å². The van der Waals surface area contributed by atoms with Crippen molar-refractivity contribution in [3.8, 4) is 0 Å². The summed E-state index contributed by atoms with van der Waals surface area (Å²) < 4.78 is 0. The molecule has 98 valence electrons. The van der Waals surface area contributed by atoms with Crippen molar-refractivity contribution in [1.29, 1.82) is 0 Å². The minimum atomic E-state index is 0.256. The van der Waals surface area contributed by atoms with E-state index in [-0.39, 0.29) is 5.91 Å². The van der Waals surface area contributed by atoms with Crippen molar-refractivity contribution in [2.45, 2.75) is 26.7 Å². The van der Waals surface area contributed by atoms with Crippen molar-refractivity contribution in [3.63, 3.8) is 0 Å². The third-order valence-electron chi connectivity index (χ3n) is 3.72. The summed E-state index contributed by atoms with van der Waals surface area (Å²) in [6.07, 6.45) is 1.61. The normalized spacial score (nSPS) is 14.1. The lowest BCUT2D eigenvalue weighted by Crippen LogP contribution is -2.33. The number of hydrogen-bond donors (Lipinski definition) is 0. The predicted octanol–water partition coefficient (Wildman–Crippen LogP) is 2.31. The van der Waals surface area contributed by atoms with Crippen LogP contribution in [-0.2, 0) is 11.2 Å². The molecule has 0 aromatic heterocycles. The van der Waals surface area contributed by atoms with Crippen LogP contribution in [0.1, 0.15) is 25.8 Å². The van der Waals surface area contributed by atoms with Crippen molar-refractivity contribution < 1.29 is 4.79 Å². The SMILES string of the molecule is CCN(CC)CCC(=O)N1CCc2ccccc21.